The topological polar surface area (TPSA) is 84.3 Å². The van der Waals surface area contributed by atoms with E-state index in [1.165, 1.54) is 12.1 Å². The average molecular weight is 237 g/mol. The summed E-state index contributed by atoms with van der Waals surface area (Å²) in [6.07, 6.45) is 0.660. The van der Waals surface area contributed by atoms with E-state index in [0.29, 0.717) is 19.5 Å². The number of nitro groups is 1. The van der Waals surface area contributed by atoms with E-state index in [0.717, 1.165) is 5.56 Å². The first-order valence-electron chi connectivity index (χ1n) is 5.28. The zero-order valence-electron chi connectivity index (χ0n) is 9.60. The summed E-state index contributed by atoms with van der Waals surface area (Å²) in [5.74, 6) is -0.0607. The summed E-state index contributed by atoms with van der Waals surface area (Å²) in [5.41, 5.74) is 1.04. The molecule has 0 unspecified atom stereocenters. The van der Waals surface area contributed by atoms with Crippen LogP contribution >= 0.6 is 0 Å². The van der Waals surface area contributed by atoms with Crippen molar-refractivity contribution in [1.82, 2.24) is 10.6 Å². The normalized spacial score (nSPS) is 9.94. The molecule has 1 aromatic carbocycles. The van der Waals surface area contributed by atoms with Gasteiger partial charge in [-0.25, -0.2) is 0 Å². The molecule has 0 radical (unpaired) electrons. The van der Waals surface area contributed by atoms with Crippen molar-refractivity contribution in [2.45, 2.75) is 6.42 Å². The van der Waals surface area contributed by atoms with Crippen molar-refractivity contribution < 1.29 is 9.72 Å². The van der Waals surface area contributed by atoms with Crippen molar-refractivity contribution in [1.29, 1.82) is 0 Å². The molecular formula is C11H15N3O3. The van der Waals surface area contributed by atoms with Crippen molar-refractivity contribution in [3.63, 3.8) is 0 Å². The second kappa shape index (κ2) is 6.59. The quantitative estimate of drug-likeness (QED) is 0.556. The lowest BCUT2D eigenvalue weighted by molar-refractivity contribution is -0.384. The molecule has 0 spiro atoms. The maximum atomic E-state index is 11.1. The third-order valence-electron chi connectivity index (χ3n) is 2.22. The second-order valence-electron chi connectivity index (χ2n) is 3.55. The number of hydrogen-bond donors (Lipinski definition) is 2. The van der Waals surface area contributed by atoms with E-state index in [2.05, 4.69) is 10.6 Å². The minimum atomic E-state index is -0.432. The van der Waals surface area contributed by atoms with Gasteiger partial charge in [0, 0.05) is 18.7 Å². The molecule has 6 heteroatoms. The summed E-state index contributed by atoms with van der Waals surface area (Å²) >= 11 is 0. The minimum Gasteiger partial charge on any atom is -0.355 e. The summed E-state index contributed by atoms with van der Waals surface area (Å²) < 4.78 is 0. The summed E-state index contributed by atoms with van der Waals surface area (Å²) in [6.45, 7) is 0.818. The van der Waals surface area contributed by atoms with Crippen LogP contribution in [0.25, 0.3) is 0 Å². The van der Waals surface area contributed by atoms with Crippen molar-refractivity contribution in [2.75, 3.05) is 20.1 Å². The number of nitrogens with zero attached hydrogens (tertiary/aromatic N) is 1. The zero-order valence-corrected chi connectivity index (χ0v) is 9.60. The number of carbonyl (C=O) groups is 1. The Labute approximate surface area is 99.2 Å². The van der Waals surface area contributed by atoms with Crippen LogP contribution in [0.15, 0.2) is 24.3 Å². The number of non-ortho nitro benzene ring substituents is 1. The van der Waals surface area contributed by atoms with Gasteiger partial charge in [0.1, 0.15) is 0 Å². The summed E-state index contributed by atoms with van der Waals surface area (Å²) in [5, 5.41) is 15.9. The first-order chi connectivity index (χ1) is 8.13. The molecule has 0 aliphatic carbocycles. The molecule has 0 saturated heterocycles. The molecule has 1 aromatic rings. The van der Waals surface area contributed by atoms with E-state index in [9.17, 15) is 14.9 Å². The maximum Gasteiger partial charge on any atom is 0.269 e. The van der Waals surface area contributed by atoms with Crippen LogP contribution in [0.1, 0.15) is 5.56 Å². The molecular weight excluding hydrogens is 222 g/mol. The van der Waals surface area contributed by atoms with E-state index in [-0.39, 0.29) is 11.6 Å². The van der Waals surface area contributed by atoms with Gasteiger partial charge in [-0.3, -0.25) is 14.9 Å². The van der Waals surface area contributed by atoms with Crippen molar-refractivity contribution in [3.8, 4) is 0 Å². The molecule has 0 fully saturated rings. The highest BCUT2D eigenvalue weighted by Crippen LogP contribution is 2.11. The Balaban J connectivity index is 2.37. The molecule has 0 saturated carbocycles. The first kappa shape index (κ1) is 13.1. The molecule has 17 heavy (non-hydrogen) atoms. The summed E-state index contributed by atoms with van der Waals surface area (Å²) in [4.78, 5) is 21.1. The molecule has 0 bridgehead atoms. The van der Waals surface area contributed by atoms with Crippen molar-refractivity contribution in [3.05, 3.63) is 39.9 Å². The number of carbonyl (C=O) groups excluding carboxylic acids is 1. The van der Waals surface area contributed by atoms with Crippen LogP contribution < -0.4 is 10.6 Å². The van der Waals surface area contributed by atoms with Crippen molar-refractivity contribution >= 4 is 11.6 Å². The largest absolute Gasteiger partial charge is 0.355 e. The van der Waals surface area contributed by atoms with Crippen LogP contribution in [0, 0.1) is 10.1 Å². The molecule has 1 amide bonds. The van der Waals surface area contributed by atoms with Crippen LogP contribution in [0.4, 0.5) is 5.69 Å². The highest BCUT2D eigenvalue weighted by atomic mass is 16.6. The Morgan fingerprint density at radius 2 is 2.00 bits per heavy atom. The molecule has 1 rings (SSSR count). The van der Waals surface area contributed by atoms with Gasteiger partial charge in [0.25, 0.3) is 5.69 Å². The van der Waals surface area contributed by atoms with Gasteiger partial charge in [0.2, 0.25) is 5.91 Å². The highest BCUT2D eigenvalue weighted by Gasteiger charge is 2.04. The Kier molecular flexibility index (Phi) is 5.09. The summed E-state index contributed by atoms with van der Waals surface area (Å²) in [7, 11) is 1.70. The van der Waals surface area contributed by atoms with Crippen LogP contribution in [0.3, 0.4) is 0 Å². The van der Waals surface area contributed by atoms with Gasteiger partial charge in [-0.1, -0.05) is 12.1 Å². The number of rotatable bonds is 6. The maximum absolute atomic E-state index is 11.1. The monoisotopic (exact) mass is 237 g/mol. The fourth-order valence-electron chi connectivity index (χ4n) is 1.35. The van der Waals surface area contributed by atoms with E-state index in [1.54, 1.807) is 19.2 Å². The summed E-state index contributed by atoms with van der Waals surface area (Å²) in [6, 6.07) is 6.32. The highest BCUT2D eigenvalue weighted by molar-refractivity contribution is 5.77. The average Bonchev–Trinajstić information content (AvgIpc) is 2.30. The van der Waals surface area contributed by atoms with E-state index < -0.39 is 4.92 Å². The van der Waals surface area contributed by atoms with E-state index >= 15 is 0 Å². The fraction of sp³-hybridized carbons (Fsp3) is 0.364. The molecule has 0 aromatic heterocycles. The number of benzene rings is 1. The van der Waals surface area contributed by atoms with Gasteiger partial charge in [0.15, 0.2) is 0 Å². The minimum absolute atomic E-state index is 0.0607. The lowest BCUT2D eigenvalue weighted by atomic mass is 10.1. The standard InChI is InChI=1S/C11H15N3O3/c1-12-8-11(15)13-7-6-9-2-4-10(5-3-9)14(16)17/h2-5,12H,6-8H2,1H3,(H,13,15). The predicted molar refractivity (Wildman–Crippen MR) is 63.7 cm³/mol. The SMILES string of the molecule is CNCC(=O)NCCc1ccc([N+](=O)[O-])cc1. The number of nitro benzene ring substituents is 1. The Bertz CT molecular complexity index is 389. The molecule has 2 N–H and O–H groups in total. The molecule has 0 aliphatic heterocycles. The lowest BCUT2D eigenvalue weighted by Gasteiger charge is -2.04. The number of amides is 1. The third-order valence-corrected chi connectivity index (χ3v) is 2.22. The van der Waals surface area contributed by atoms with Crippen LogP contribution in [0.5, 0.6) is 0 Å². The van der Waals surface area contributed by atoms with E-state index in [4.69, 9.17) is 0 Å². The molecule has 0 heterocycles. The molecule has 0 aliphatic rings. The number of hydrogen-bond acceptors (Lipinski definition) is 4. The van der Waals surface area contributed by atoms with Gasteiger partial charge < -0.3 is 10.6 Å². The van der Waals surface area contributed by atoms with Gasteiger partial charge in [0.05, 0.1) is 11.5 Å². The first-order valence-corrected chi connectivity index (χ1v) is 5.28. The number of nitrogens with one attached hydrogen (secondary N) is 2. The van der Waals surface area contributed by atoms with Crippen LogP contribution in [0.2, 0.25) is 0 Å². The van der Waals surface area contributed by atoms with Gasteiger partial charge in [-0.2, -0.15) is 0 Å². The number of likely N-dealkylation sites (N-methyl/N-ethyl adjacent to an activating group) is 1. The van der Waals surface area contributed by atoms with E-state index in [1.807, 2.05) is 0 Å². The van der Waals surface area contributed by atoms with Gasteiger partial charge in [-0.15, -0.1) is 0 Å². The molecule has 6 nitrogen and oxygen atoms in total. The van der Waals surface area contributed by atoms with Crippen LogP contribution in [-0.2, 0) is 11.2 Å². The Hall–Kier alpha value is -1.95. The second-order valence-corrected chi connectivity index (χ2v) is 3.55. The smallest absolute Gasteiger partial charge is 0.269 e. The van der Waals surface area contributed by atoms with Gasteiger partial charge in [-0.05, 0) is 19.0 Å². The molecule has 0 atom stereocenters. The third kappa shape index (κ3) is 4.60. The predicted octanol–water partition coefficient (Wildman–Crippen LogP) is 0.473. The Morgan fingerprint density at radius 3 is 2.53 bits per heavy atom. The van der Waals surface area contributed by atoms with Gasteiger partial charge >= 0.3 is 0 Å². The Morgan fingerprint density at radius 1 is 1.35 bits per heavy atom. The fourth-order valence-corrected chi connectivity index (χ4v) is 1.35. The van der Waals surface area contributed by atoms with Crippen LogP contribution in [-0.4, -0.2) is 31.0 Å². The van der Waals surface area contributed by atoms with Crippen molar-refractivity contribution in [2.24, 2.45) is 0 Å². The lowest BCUT2D eigenvalue weighted by Crippen LogP contribution is -2.33. The zero-order chi connectivity index (χ0) is 12.7. The molecule has 92 valence electrons.